The minimum absolute atomic E-state index is 0.197. The normalized spacial score (nSPS) is 17.5. The van der Waals surface area contributed by atoms with Crippen LogP contribution in [0.3, 0.4) is 0 Å². The molecule has 1 aromatic rings. The Kier molecular flexibility index (Phi) is 3.74. The number of benzene rings is 1. The van der Waals surface area contributed by atoms with Crippen LogP contribution in [0.15, 0.2) is 18.2 Å². The van der Waals surface area contributed by atoms with Crippen molar-refractivity contribution in [2.45, 2.75) is 39.2 Å². The summed E-state index contributed by atoms with van der Waals surface area (Å²) in [5.74, 6) is -0.197. The second-order valence-corrected chi connectivity index (χ2v) is 5.86. The minimum Gasteiger partial charge on any atom is -0.314 e. The Morgan fingerprint density at radius 2 is 2.12 bits per heavy atom. The maximum absolute atomic E-state index is 13.2. The van der Waals surface area contributed by atoms with E-state index in [0.717, 1.165) is 18.5 Å². The Hall–Kier alpha value is -0.600. The summed E-state index contributed by atoms with van der Waals surface area (Å²) in [6.07, 6.45) is 3.29. The molecule has 1 aliphatic rings. The number of hydrogen-bond acceptors (Lipinski definition) is 1. The van der Waals surface area contributed by atoms with E-state index in [4.69, 9.17) is 11.6 Å². The molecule has 94 valence electrons. The first-order valence-corrected chi connectivity index (χ1v) is 6.56. The second-order valence-electron chi connectivity index (χ2n) is 5.45. The lowest BCUT2D eigenvalue weighted by molar-refractivity contribution is 0.429. The number of nitrogens with one attached hydrogen (secondary N) is 1. The molecule has 0 spiro atoms. The first kappa shape index (κ1) is 12.8. The van der Waals surface area contributed by atoms with Gasteiger partial charge in [-0.05, 0) is 48.4 Å². The Morgan fingerprint density at radius 1 is 1.41 bits per heavy atom. The zero-order valence-corrected chi connectivity index (χ0v) is 11.1. The van der Waals surface area contributed by atoms with Crippen molar-refractivity contribution in [1.82, 2.24) is 5.32 Å². The van der Waals surface area contributed by atoms with E-state index in [9.17, 15) is 4.39 Å². The summed E-state index contributed by atoms with van der Waals surface area (Å²) < 4.78 is 13.2. The molecule has 0 heterocycles. The molecule has 1 fully saturated rings. The Bertz CT molecular complexity index is 399. The highest BCUT2D eigenvalue weighted by atomic mass is 35.5. The van der Waals surface area contributed by atoms with Gasteiger partial charge in [0.25, 0.3) is 0 Å². The average Bonchev–Trinajstić information content (AvgIpc) is 3.02. The zero-order valence-electron chi connectivity index (χ0n) is 10.4. The third-order valence-electron chi connectivity index (χ3n) is 3.42. The predicted molar refractivity (Wildman–Crippen MR) is 69.9 cm³/mol. The Labute approximate surface area is 107 Å². The van der Waals surface area contributed by atoms with E-state index in [0.29, 0.717) is 16.5 Å². The van der Waals surface area contributed by atoms with E-state index >= 15 is 0 Å². The van der Waals surface area contributed by atoms with Crippen molar-refractivity contribution in [3.05, 3.63) is 34.6 Å². The fraction of sp³-hybridized carbons (Fsp3) is 0.571. The Balaban J connectivity index is 2.02. The maximum Gasteiger partial charge on any atom is 0.123 e. The molecule has 0 aliphatic heterocycles. The summed E-state index contributed by atoms with van der Waals surface area (Å²) in [6, 6.07) is 5.13. The van der Waals surface area contributed by atoms with E-state index in [1.54, 1.807) is 12.1 Å². The van der Waals surface area contributed by atoms with Crippen molar-refractivity contribution in [3.8, 4) is 0 Å². The van der Waals surface area contributed by atoms with Gasteiger partial charge in [0.15, 0.2) is 0 Å². The van der Waals surface area contributed by atoms with Crippen LogP contribution < -0.4 is 5.32 Å². The molecule has 1 N–H and O–H groups in total. The van der Waals surface area contributed by atoms with Crippen molar-refractivity contribution in [2.24, 2.45) is 5.41 Å². The standard InChI is InChI=1S/C14H19ClFN/c1-10(2)17-9-14(5-6-14)8-11-7-12(16)3-4-13(11)15/h3-4,7,10,17H,5-6,8-9H2,1-2H3. The molecular weight excluding hydrogens is 237 g/mol. The molecule has 1 nitrogen and oxygen atoms in total. The quantitative estimate of drug-likeness (QED) is 0.844. The fourth-order valence-corrected chi connectivity index (χ4v) is 2.28. The third kappa shape index (κ3) is 3.43. The first-order chi connectivity index (χ1) is 8.01. The molecular formula is C14H19ClFN. The summed E-state index contributed by atoms with van der Waals surface area (Å²) in [7, 11) is 0. The van der Waals surface area contributed by atoms with Gasteiger partial charge in [-0.1, -0.05) is 25.4 Å². The van der Waals surface area contributed by atoms with Gasteiger partial charge in [0.2, 0.25) is 0 Å². The monoisotopic (exact) mass is 255 g/mol. The lowest BCUT2D eigenvalue weighted by Gasteiger charge is -2.18. The van der Waals surface area contributed by atoms with Crippen LogP contribution in [0.4, 0.5) is 4.39 Å². The van der Waals surface area contributed by atoms with Gasteiger partial charge in [-0.2, -0.15) is 0 Å². The molecule has 1 aliphatic carbocycles. The van der Waals surface area contributed by atoms with Crippen molar-refractivity contribution >= 4 is 11.6 Å². The van der Waals surface area contributed by atoms with E-state index in [-0.39, 0.29) is 5.82 Å². The van der Waals surface area contributed by atoms with Crippen molar-refractivity contribution in [2.75, 3.05) is 6.54 Å². The van der Waals surface area contributed by atoms with Gasteiger partial charge in [-0.3, -0.25) is 0 Å². The third-order valence-corrected chi connectivity index (χ3v) is 3.78. The van der Waals surface area contributed by atoms with Gasteiger partial charge < -0.3 is 5.32 Å². The van der Waals surface area contributed by atoms with E-state index in [2.05, 4.69) is 19.2 Å². The number of hydrogen-bond donors (Lipinski definition) is 1. The molecule has 2 rings (SSSR count). The summed E-state index contributed by atoms with van der Waals surface area (Å²) in [5.41, 5.74) is 1.25. The molecule has 0 aromatic heterocycles. The number of halogens is 2. The van der Waals surface area contributed by atoms with E-state index < -0.39 is 0 Å². The lowest BCUT2D eigenvalue weighted by Crippen LogP contribution is -2.31. The highest BCUT2D eigenvalue weighted by Gasteiger charge is 2.42. The van der Waals surface area contributed by atoms with Crippen LogP contribution in [0.5, 0.6) is 0 Å². The van der Waals surface area contributed by atoms with Crippen LogP contribution in [0.25, 0.3) is 0 Å². The smallest absolute Gasteiger partial charge is 0.123 e. The van der Waals surface area contributed by atoms with Gasteiger partial charge in [0.05, 0.1) is 0 Å². The summed E-state index contributed by atoms with van der Waals surface area (Å²) in [4.78, 5) is 0. The molecule has 3 heteroatoms. The average molecular weight is 256 g/mol. The molecule has 0 radical (unpaired) electrons. The van der Waals surface area contributed by atoms with Crippen molar-refractivity contribution in [3.63, 3.8) is 0 Å². The van der Waals surface area contributed by atoms with Crippen LogP contribution >= 0.6 is 11.6 Å². The van der Waals surface area contributed by atoms with Crippen LogP contribution in [0, 0.1) is 11.2 Å². The molecule has 1 aromatic carbocycles. The van der Waals surface area contributed by atoms with Gasteiger partial charge in [0.1, 0.15) is 5.82 Å². The van der Waals surface area contributed by atoms with Gasteiger partial charge >= 0.3 is 0 Å². The molecule has 0 bridgehead atoms. The maximum atomic E-state index is 13.2. The topological polar surface area (TPSA) is 12.0 Å². The zero-order chi connectivity index (χ0) is 12.5. The van der Waals surface area contributed by atoms with Crippen molar-refractivity contribution in [1.29, 1.82) is 0 Å². The van der Waals surface area contributed by atoms with E-state index in [1.165, 1.54) is 18.9 Å². The molecule has 17 heavy (non-hydrogen) atoms. The van der Waals surface area contributed by atoms with E-state index in [1.807, 2.05) is 0 Å². The van der Waals surface area contributed by atoms with Gasteiger partial charge in [-0.25, -0.2) is 4.39 Å². The van der Waals surface area contributed by atoms with Crippen LogP contribution in [0.2, 0.25) is 5.02 Å². The summed E-state index contributed by atoms with van der Waals surface area (Å²) in [5, 5.41) is 4.15. The Morgan fingerprint density at radius 3 is 2.71 bits per heavy atom. The predicted octanol–water partition coefficient (Wildman–Crippen LogP) is 3.80. The lowest BCUT2D eigenvalue weighted by atomic mass is 9.96. The van der Waals surface area contributed by atoms with Crippen LogP contribution in [-0.2, 0) is 6.42 Å². The van der Waals surface area contributed by atoms with Crippen molar-refractivity contribution < 1.29 is 4.39 Å². The highest BCUT2D eigenvalue weighted by molar-refractivity contribution is 6.31. The SMILES string of the molecule is CC(C)NCC1(Cc2cc(F)ccc2Cl)CC1. The highest BCUT2D eigenvalue weighted by Crippen LogP contribution is 2.48. The van der Waals surface area contributed by atoms with Crippen LogP contribution in [0.1, 0.15) is 32.3 Å². The number of rotatable bonds is 5. The molecule has 0 unspecified atom stereocenters. The largest absolute Gasteiger partial charge is 0.314 e. The minimum atomic E-state index is -0.197. The van der Waals surface area contributed by atoms with Crippen LogP contribution in [-0.4, -0.2) is 12.6 Å². The molecule has 1 saturated carbocycles. The fourth-order valence-electron chi connectivity index (χ4n) is 2.10. The second kappa shape index (κ2) is 4.95. The molecule has 0 atom stereocenters. The first-order valence-electron chi connectivity index (χ1n) is 6.18. The summed E-state index contributed by atoms with van der Waals surface area (Å²) in [6.45, 7) is 5.29. The molecule has 0 saturated heterocycles. The van der Waals surface area contributed by atoms with Gasteiger partial charge in [-0.15, -0.1) is 0 Å². The van der Waals surface area contributed by atoms with Gasteiger partial charge in [0, 0.05) is 17.6 Å². The molecule has 0 amide bonds. The summed E-state index contributed by atoms with van der Waals surface area (Å²) >= 11 is 6.11.